The molecule has 0 bridgehead atoms. The lowest BCUT2D eigenvalue weighted by Crippen LogP contribution is -2.46. The van der Waals surface area contributed by atoms with E-state index in [-0.39, 0.29) is 16.2 Å². The monoisotopic (exact) mass is 1120 g/mol. The Labute approximate surface area is 488 Å². The maximum absolute atomic E-state index is 9.66. The van der Waals surface area contributed by atoms with Crippen molar-refractivity contribution in [3.05, 3.63) is 194 Å². The Morgan fingerprint density at radius 3 is 0.850 bits per heavy atom. The quantitative estimate of drug-likeness (QED) is 0.0612. The van der Waals surface area contributed by atoms with Gasteiger partial charge in [0.1, 0.15) is 0 Å². The van der Waals surface area contributed by atoms with Gasteiger partial charge in [-0.25, -0.2) is 15.0 Å². The van der Waals surface area contributed by atoms with Crippen molar-refractivity contribution >= 4 is 35.3 Å². The number of nitrogens with zero attached hydrogens (tertiary/aromatic N) is 6. The van der Waals surface area contributed by atoms with Gasteiger partial charge in [0.15, 0.2) is 15.5 Å². The standard InChI is InChI=1S/C67H80N10S3/c1-40-16-22-46(23-17-40)55-49(37-78-61-69-28-29-70-61)43(4)75-52(34-64(7,8)9)58(55)67(68,59-53(35-65(10,11)12)76-44(5)50(38-79-62-71-30-31-72-62)56(59)47-24-18-41(2)19-25-47)60-54(36-66(13,14)15)77-45(6)51(39-80-63-73-32-33-74-63)57(60)48-26-20-42(3)21-27-48/h16-33H,34-39,68H2,1-15H3,(H,69,70)(H,71,72)(H,73,74). The third-order valence-electron chi connectivity index (χ3n) is 14.5. The van der Waals surface area contributed by atoms with E-state index in [1.165, 1.54) is 16.7 Å². The third-order valence-corrected chi connectivity index (χ3v) is 17.3. The smallest absolute Gasteiger partial charge is 0.165 e. The van der Waals surface area contributed by atoms with Gasteiger partial charge in [-0.1, -0.05) is 187 Å². The molecule has 0 fully saturated rings. The summed E-state index contributed by atoms with van der Waals surface area (Å²) in [6.07, 6.45) is 13.0. The summed E-state index contributed by atoms with van der Waals surface area (Å²) in [7, 11) is 0. The normalized spacial score (nSPS) is 12.4. The van der Waals surface area contributed by atoms with Crippen LogP contribution in [0.25, 0.3) is 33.4 Å². The minimum atomic E-state index is -1.52. The Balaban J connectivity index is 1.62. The molecule has 5 N–H and O–H groups in total. The molecule has 13 heteroatoms. The molecule has 9 rings (SSSR count). The number of aromatic nitrogens is 9. The van der Waals surface area contributed by atoms with Gasteiger partial charge >= 0.3 is 0 Å². The summed E-state index contributed by atoms with van der Waals surface area (Å²) in [6, 6.07) is 27.2. The lowest BCUT2D eigenvalue weighted by Gasteiger charge is -2.43. The first-order valence-electron chi connectivity index (χ1n) is 27.8. The van der Waals surface area contributed by atoms with E-state index in [1.54, 1.807) is 35.3 Å². The number of thioether (sulfide) groups is 3. The van der Waals surface area contributed by atoms with Crippen molar-refractivity contribution in [3.63, 3.8) is 0 Å². The number of aryl methyl sites for hydroxylation is 6. The van der Waals surface area contributed by atoms with Crippen LogP contribution in [0.15, 0.2) is 125 Å². The van der Waals surface area contributed by atoms with E-state index in [2.05, 4.69) is 192 Å². The minimum Gasteiger partial charge on any atom is -0.340 e. The highest BCUT2D eigenvalue weighted by Crippen LogP contribution is 2.55. The van der Waals surface area contributed by atoms with Gasteiger partial charge in [-0.3, -0.25) is 15.0 Å². The van der Waals surface area contributed by atoms with Crippen molar-refractivity contribution in [2.24, 2.45) is 22.0 Å². The molecule has 0 amide bonds. The van der Waals surface area contributed by atoms with Gasteiger partial charge in [0.2, 0.25) is 0 Å². The number of hydrogen-bond acceptors (Lipinski definition) is 10. The summed E-state index contributed by atoms with van der Waals surface area (Å²) >= 11 is 5.05. The second kappa shape index (κ2) is 23.7. The van der Waals surface area contributed by atoms with Crippen LogP contribution >= 0.6 is 35.3 Å². The molecule has 0 spiro atoms. The van der Waals surface area contributed by atoms with Gasteiger partial charge in [0, 0.05) is 105 Å². The molecule has 0 aliphatic heterocycles. The van der Waals surface area contributed by atoms with Crippen molar-refractivity contribution in [2.45, 2.75) is 161 Å². The molecule has 0 saturated carbocycles. The molecular weight excluding hydrogens is 1040 g/mol. The van der Waals surface area contributed by atoms with Gasteiger partial charge in [-0.05, 0) is 127 Å². The average Bonchev–Trinajstić information content (AvgIpc) is 4.33. The summed E-state index contributed by atoms with van der Waals surface area (Å²) in [4.78, 5) is 42.2. The predicted octanol–water partition coefficient (Wildman–Crippen LogP) is 16.8. The molecule has 10 nitrogen and oxygen atoms in total. The molecular formula is C67H80N10S3. The van der Waals surface area contributed by atoms with E-state index in [4.69, 9.17) is 29.9 Å². The van der Waals surface area contributed by atoms with E-state index in [1.807, 2.05) is 37.2 Å². The number of pyridine rings is 3. The van der Waals surface area contributed by atoms with Crippen LogP contribution in [0.2, 0.25) is 0 Å². The van der Waals surface area contributed by atoms with Gasteiger partial charge in [-0.15, -0.1) is 0 Å². The summed E-state index contributed by atoms with van der Waals surface area (Å²) in [5, 5.41) is 2.51. The van der Waals surface area contributed by atoms with Gasteiger partial charge in [0.25, 0.3) is 0 Å². The zero-order valence-corrected chi connectivity index (χ0v) is 52.1. The highest BCUT2D eigenvalue weighted by atomic mass is 32.2. The fraction of sp³-hybridized carbons (Fsp3) is 0.373. The number of imidazole rings is 3. The molecule has 0 aliphatic carbocycles. The number of H-pyrrole nitrogens is 3. The van der Waals surface area contributed by atoms with Crippen LogP contribution in [-0.2, 0) is 42.1 Å². The molecule has 0 atom stereocenters. The predicted molar refractivity (Wildman–Crippen MR) is 335 cm³/mol. The Morgan fingerprint density at radius 2 is 0.637 bits per heavy atom. The highest BCUT2D eigenvalue weighted by molar-refractivity contribution is 7.98. The van der Waals surface area contributed by atoms with Crippen molar-refractivity contribution in [1.29, 1.82) is 0 Å². The van der Waals surface area contributed by atoms with Crippen LogP contribution in [0.3, 0.4) is 0 Å². The lowest BCUT2D eigenvalue weighted by atomic mass is 9.65. The summed E-state index contributed by atoms with van der Waals surface area (Å²) in [6.45, 7) is 33.9. The first-order chi connectivity index (χ1) is 37.9. The number of rotatable bonds is 18. The van der Waals surface area contributed by atoms with Crippen LogP contribution in [0.1, 0.15) is 147 Å². The van der Waals surface area contributed by atoms with Crippen LogP contribution in [0.5, 0.6) is 0 Å². The molecule has 9 aromatic rings. The molecule has 6 heterocycles. The second-order valence-corrected chi connectivity index (χ2v) is 28.2. The van der Waals surface area contributed by atoms with Gasteiger partial charge < -0.3 is 20.7 Å². The van der Waals surface area contributed by atoms with Crippen LogP contribution in [0, 0.1) is 57.8 Å². The van der Waals surface area contributed by atoms with E-state index >= 15 is 0 Å². The first-order valence-corrected chi connectivity index (χ1v) is 30.8. The first kappa shape index (κ1) is 58.4. The topological polar surface area (TPSA) is 151 Å². The van der Waals surface area contributed by atoms with E-state index in [0.717, 1.165) is 116 Å². The zero-order valence-electron chi connectivity index (χ0n) is 49.6. The summed E-state index contributed by atoms with van der Waals surface area (Å²) < 4.78 is 0. The number of benzene rings is 3. The van der Waals surface area contributed by atoms with Crippen molar-refractivity contribution in [3.8, 4) is 33.4 Å². The molecule has 0 unspecified atom stereocenters. The molecule has 0 aliphatic rings. The van der Waals surface area contributed by atoms with Crippen LogP contribution in [0.4, 0.5) is 0 Å². The van der Waals surface area contributed by atoms with Gasteiger partial charge in [0.05, 0.1) is 5.54 Å². The van der Waals surface area contributed by atoms with Crippen LogP contribution in [-0.4, -0.2) is 44.9 Å². The van der Waals surface area contributed by atoms with Crippen molar-refractivity contribution in [1.82, 2.24) is 44.9 Å². The zero-order chi connectivity index (χ0) is 57.3. The maximum atomic E-state index is 9.66. The molecule has 3 aromatic carbocycles. The van der Waals surface area contributed by atoms with Crippen LogP contribution < -0.4 is 5.73 Å². The number of aromatic amines is 3. The molecule has 0 saturated heterocycles. The van der Waals surface area contributed by atoms with Crippen molar-refractivity contribution in [2.75, 3.05) is 0 Å². The average molecular weight is 1120 g/mol. The van der Waals surface area contributed by atoms with Gasteiger partial charge in [-0.2, -0.15) is 0 Å². The maximum Gasteiger partial charge on any atom is 0.165 e. The number of hydrogen-bond donors (Lipinski definition) is 4. The fourth-order valence-electron chi connectivity index (χ4n) is 11.0. The molecule has 6 aromatic heterocycles. The Morgan fingerprint density at radius 1 is 0.388 bits per heavy atom. The number of nitrogens with two attached hydrogens (primary N) is 1. The van der Waals surface area contributed by atoms with E-state index in [9.17, 15) is 5.73 Å². The fourth-order valence-corrected chi connectivity index (χ4v) is 13.8. The Kier molecular flexibility index (Phi) is 17.3. The SMILES string of the molecule is Cc1ccc(-c2c(CSc3ncc[nH]3)c(C)nc(CC(C)(C)C)c2C(N)(c2c(CC(C)(C)C)nc(C)c(CSc3ncc[nH]3)c2-c2ccc(C)cc2)c2c(CC(C)(C)C)nc(C)c(CSc3ncc[nH]3)c2-c2ccc(C)cc2)cc1. The largest absolute Gasteiger partial charge is 0.340 e. The third kappa shape index (κ3) is 13.2. The second-order valence-electron chi connectivity index (χ2n) is 25.3. The summed E-state index contributed by atoms with van der Waals surface area (Å²) in [5.74, 6) is 1.76. The highest BCUT2D eigenvalue weighted by Gasteiger charge is 2.48. The number of nitrogens with one attached hydrogen (secondary N) is 3. The minimum absolute atomic E-state index is 0.223. The lowest BCUT2D eigenvalue weighted by molar-refractivity contribution is 0.393. The molecule has 80 heavy (non-hydrogen) atoms. The molecule has 416 valence electrons. The van der Waals surface area contributed by atoms with Crippen molar-refractivity contribution < 1.29 is 0 Å². The van der Waals surface area contributed by atoms with E-state index < -0.39 is 5.54 Å². The summed E-state index contributed by atoms with van der Waals surface area (Å²) in [5.41, 5.74) is 29.4. The van der Waals surface area contributed by atoms with E-state index in [0.29, 0.717) is 36.5 Å². The molecule has 0 radical (unpaired) electrons. The Hall–Kier alpha value is -6.25. The Bertz CT molecular complexity index is 3190.